The van der Waals surface area contributed by atoms with Gasteiger partial charge in [0.1, 0.15) is 5.82 Å². The molecule has 1 saturated heterocycles. The first-order valence-corrected chi connectivity index (χ1v) is 9.84. The summed E-state index contributed by atoms with van der Waals surface area (Å²) in [5, 5.41) is 3.07. The Morgan fingerprint density at radius 2 is 1.74 bits per heavy atom. The summed E-state index contributed by atoms with van der Waals surface area (Å²) in [6, 6.07) is 13.3. The van der Waals surface area contributed by atoms with Crippen molar-refractivity contribution in [2.24, 2.45) is 5.92 Å². The van der Waals surface area contributed by atoms with E-state index in [0.717, 1.165) is 10.0 Å². The lowest BCUT2D eigenvalue weighted by Crippen LogP contribution is -2.43. The van der Waals surface area contributed by atoms with Crippen molar-refractivity contribution < 1.29 is 14.0 Å². The van der Waals surface area contributed by atoms with Gasteiger partial charge in [0.25, 0.3) is 5.91 Å². The first-order valence-electron chi connectivity index (χ1n) is 9.05. The molecule has 2 aromatic rings. The Morgan fingerprint density at radius 3 is 2.37 bits per heavy atom. The molecule has 2 aromatic carbocycles. The average molecular weight is 433 g/mol. The van der Waals surface area contributed by atoms with E-state index in [4.69, 9.17) is 0 Å². The fraction of sp³-hybridized carbons (Fsp3) is 0.333. The van der Waals surface area contributed by atoms with Gasteiger partial charge in [0.15, 0.2) is 0 Å². The molecule has 1 heterocycles. The van der Waals surface area contributed by atoms with Crippen molar-refractivity contribution in [3.05, 3.63) is 69.9 Å². The number of amides is 2. The Morgan fingerprint density at radius 1 is 1.11 bits per heavy atom. The summed E-state index contributed by atoms with van der Waals surface area (Å²) in [6.07, 6.45) is 1.25. The van der Waals surface area contributed by atoms with Gasteiger partial charge in [-0.1, -0.05) is 34.1 Å². The molecule has 6 heteroatoms. The van der Waals surface area contributed by atoms with Gasteiger partial charge >= 0.3 is 0 Å². The monoisotopic (exact) mass is 432 g/mol. The van der Waals surface area contributed by atoms with E-state index in [0.29, 0.717) is 31.5 Å². The highest BCUT2D eigenvalue weighted by Crippen LogP contribution is 2.25. The molecule has 1 fully saturated rings. The van der Waals surface area contributed by atoms with E-state index in [9.17, 15) is 14.0 Å². The molecule has 1 unspecified atom stereocenters. The maximum atomic E-state index is 13.0. The number of hydrogen-bond donors (Lipinski definition) is 1. The van der Waals surface area contributed by atoms with E-state index in [1.165, 1.54) is 24.3 Å². The summed E-state index contributed by atoms with van der Waals surface area (Å²) in [4.78, 5) is 26.8. The van der Waals surface area contributed by atoms with Gasteiger partial charge in [-0.25, -0.2) is 4.39 Å². The van der Waals surface area contributed by atoms with Crippen molar-refractivity contribution in [3.8, 4) is 0 Å². The zero-order valence-corrected chi connectivity index (χ0v) is 16.7. The number of nitrogens with zero attached hydrogens (tertiary/aromatic N) is 1. The normalized spacial score (nSPS) is 16.0. The number of halogens is 2. The summed E-state index contributed by atoms with van der Waals surface area (Å²) in [7, 11) is 0. The second-order valence-corrected chi connectivity index (χ2v) is 7.68. The molecule has 1 aliphatic rings. The van der Waals surface area contributed by atoms with Crippen LogP contribution in [-0.2, 0) is 4.79 Å². The average Bonchev–Trinajstić information content (AvgIpc) is 2.68. The van der Waals surface area contributed by atoms with Crippen LogP contribution in [-0.4, -0.2) is 29.8 Å². The van der Waals surface area contributed by atoms with Gasteiger partial charge in [-0.3, -0.25) is 9.59 Å². The minimum absolute atomic E-state index is 0.0205. The number of likely N-dealkylation sites (tertiary alicyclic amines) is 1. The molecular weight excluding hydrogens is 411 g/mol. The van der Waals surface area contributed by atoms with Gasteiger partial charge in [-0.2, -0.15) is 0 Å². The minimum Gasteiger partial charge on any atom is -0.349 e. The maximum absolute atomic E-state index is 13.0. The van der Waals surface area contributed by atoms with Crippen molar-refractivity contribution in [2.75, 3.05) is 13.1 Å². The third-order valence-electron chi connectivity index (χ3n) is 4.97. The topological polar surface area (TPSA) is 49.4 Å². The molecule has 3 rings (SSSR count). The summed E-state index contributed by atoms with van der Waals surface area (Å²) < 4.78 is 14.0. The quantitative estimate of drug-likeness (QED) is 0.781. The molecule has 1 aliphatic heterocycles. The predicted molar refractivity (Wildman–Crippen MR) is 106 cm³/mol. The van der Waals surface area contributed by atoms with Crippen LogP contribution in [0.15, 0.2) is 53.0 Å². The van der Waals surface area contributed by atoms with Crippen molar-refractivity contribution in [1.82, 2.24) is 10.2 Å². The Bertz CT molecular complexity index is 817. The fourth-order valence-corrected chi connectivity index (χ4v) is 3.98. The number of piperidine rings is 1. The number of carbonyl (C=O) groups is 2. The fourth-order valence-electron chi connectivity index (χ4n) is 3.36. The third kappa shape index (κ3) is 4.75. The lowest BCUT2D eigenvalue weighted by Gasteiger charge is -2.32. The molecular formula is C21H22BrFN2O2. The predicted octanol–water partition coefficient (Wildman–Crippen LogP) is 4.32. The molecule has 0 radical (unpaired) electrons. The van der Waals surface area contributed by atoms with Crippen molar-refractivity contribution in [2.45, 2.75) is 25.8 Å². The van der Waals surface area contributed by atoms with E-state index in [1.54, 1.807) is 4.90 Å². The van der Waals surface area contributed by atoms with E-state index in [-0.39, 0.29) is 29.6 Å². The van der Waals surface area contributed by atoms with Crippen molar-refractivity contribution in [1.29, 1.82) is 0 Å². The molecule has 27 heavy (non-hydrogen) atoms. The van der Waals surface area contributed by atoms with E-state index in [2.05, 4.69) is 21.2 Å². The molecule has 2 amide bonds. The molecule has 1 N–H and O–H groups in total. The largest absolute Gasteiger partial charge is 0.349 e. The maximum Gasteiger partial charge on any atom is 0.253 e. The standard InChI is InChI=1S/C21H22BrFN2O2/c1-14(18-4-2-3-5-19(18)22)24-20(26)15-10-12-25(13-11-15)21(27)16-6-8-17(23)9-7-16/h2-9,14-15H,10-13H2,1H3,(H,24,26). The van der Waals surface area contributed by atoms with Gasteiger partial charge in [0, 0.05) is 29.0 Å². The highest BCUT2D eigenvalue weighted by molar-refractivity contribution is 9.10. The summed E-state index contributed by atoms with van der Waals surface area (Å²) in [6.45, 7) is 3.01. The molecule has 0 saturated carbocycles. The Labute approximate surface area is 166 Å². The van der Waals surface area contributed by atoms with Crippen LogP contribution >= 0.6 is 15.9 Å². The lowest BCUT2D eigenvalue weighted by molar-refractivity contribution is -0.127. The van der Waals surface area contributed by atoms with Crippen LogP contribution in [0.3, 0.4) is 0 Å². The number of hydrogen-bond acceptors (Lipinski definition) is 2. The smallest absolute Gasteiger partial charge is 0.253 e. The van der Waals surface area contributed by atoms with Gasteiger partial charge in [-0.05, 0) is 55.7 Å². The van der Waals surface area contributed by atoms with Crippen LogP contribution in [0.5, 0.6) is 0 Å². The van der Waals surface area contributed by atoms with Crippen LogP contribution in [0.25, 0.3) is 0 Å². The summed E-state index contributed by atoms with van der Waals surface area (Å²) in [5.41, 5.74) is 1.51. The zero-order chi connectivity index (χ0) is 19.4. The van der Waals surface area contributed by atoms with Gasteiger partial charge in [0.2, 0.25) is 5.91 Å². The molecule has 1 atom stereocenters. The molecule has 0 aliphatic carbocycles. The summed E-state index contributed by atoms with van der Waals surface area (Å²) >= 11 is 3.51. The number of nitrogens with one attached hydrogen (secondary N) is 1. The second kappa shape index (κ2) is 8.65. The van der Waals surface area contributed by atoms with Crippen LogP contribution in [0.2, 0.25) is 0 Å². The van der Waals surface area contributed by atoms with E-state index < -0.39 is 0 Å². The van der Waals surface area contributed by atoms with Crippen LogP contribution in [0, 0.1) is 11.7 Å². The van der Waals surface area contributed by atoms with Gasteiger partial charge in [0.05, 0.1) is 6.04 Å². The van der Waals surface area contributed by atoms with Gasteiger partial charge < -0.3 is 10.2 Å². The Kier molecular flexibility index (Phi) is 6.26. The van der Waals surface area contributed by atoms with Gasteiger partial charge in [-0.15, -0.1) is 0 Å². The number of rotatable bonds is 4. The molecule has 0 spiro atoms. The van der Waals surface area contributed by atoms with Crippen molar-refractivity contribution >= 4 is 27.7 Å². The Hall–Kier alpha value is -2.21. The lowest BCUT2D eigenvalue weighted by atomic mass is 9.94. The number of benzene rings is 2. The highest BCUT2D eigenvalue weighted by Gasteiger charge is 2.28. The Balaban J connectivity index is 1.54. The van der Waals surface area contributed by atoms with E-state index >= 15 is 0 Å². The van der Waals surface area contributed by atoms with Crippen LogP contribution in [0.1, 0.15) is 41.7 Å². The molecule has 142 valence electrons. The van der Waals surface area contributed by atoms with Crippen LogP contribution in [0.4, 0.5) is 4.39 Å². The minimum atomic E-state index is -0.360. The van der Waals surface area contributed by atoms with Crippen molar-refractivity contribution in [3.63, 3.8) is 0 Å². The molecule has 0 bridgehead atoms. The second-order valence-electron chi connectivity index (χ2n) is 6.83. The SMILES string of the molecule is CC(NC(=O)C1CCN(C(=O)c2ccc(F)cc2)CC1)c1ccccc1Br. The highest BCUT2D eigenvalue weighted by atomic mass is 79.9. The van der Waals surface area contributed by atoms with Crippen LogP contribution < -0.4 is 5.32 Å². The third-order valence-corrected chi connectivity index (χ3v) is 5.70. The molecule has 0 aromatic heterocycles. The summed E-state index contributed by atoms with van der Waals surface area (Å²) in [5.74, 6) is -0.559. The first-order chi connectivity index (χ1) is 13.0. The number of carbonyl (C=O) groups excluding carboxylic acids is 2. The first kappa shape index (κ1) is 19.5. The molecule has 4 nitrogen and oxygen atoms in total. The van der Waals surface area contributed by atoms with E-state index in [1.807, 2.05) is 31.2 Å². The zero-order valence-electron chi connectivity index (χ0n) is 15.1.